The summed E-state index contributed by atoms with van der Waals surface area (Å²) >= 11 is 0. The highest BCUT2D eigenvalue weighted by Gasteiger charge is 2.44. The molecule has 1 aliphatic heterocycles. The zero-order valence-electron chi connectivity index (χ0n) is 13.7. The minimum absolute atomic E-state index is 0.0360. The average molecular weight is 442 g/mol. The number of fused-ring (bicyclic) bond motifs is 1. The van der Waals surface area contributed by atoms with Crippen LogP contribution in [0.2, 0.25) is 0 Å². The first-order valence-electron chi connectivity index (χ1n) is 7.42. The Balaban J connectivity index is 1.86. The number of nitrogens with two attached hydrogens (primary N) is 1. The number of aromatic amines is 1. The molecule has 28 heavy (non-hydrogen) atoms. The molecule has 1 fully saturated rings. The summed E-state index contributed by atoms with van der Waals surface area (Å²) < 4.78 is 24.2. The Morgan fingerprint density at radius 2 is 2.00 bits per heavy atom. The van der Waals surface area contributed by atoms with Gasteiger partial charge in [-0.1, -0.05) is 0 Å². The topological polar surface area (TPSA) is 259 Å². The van der Waals surface area contributed by atoms with E-state index in [0.717, 1.165) is 10.9 Å². The van der Waals surface area contributed by atoms with Crippen LogP contribution in [-0.4, -0.2) is 74.2 Å². The monoisotopic (exact) mass is 442 g/mol. The molecule has 2 aromatic heterocycles. The lowest BCUT2D eigenvalue weighted by Gasteiger charge is -2.16. The predicted molar refractivity (Wildman–Crippen MR) is 90.3 cm³/mol. The number of nitrogen functional groups attached to an aromatic ring is 1. The lowest BCUT2D eigenvalue weighted by molar-refractivity contribution is -0.0321. The van der Waals surface area contributed by atoms with Gasteiger partial charge in [0, 0.05) is 0 Å². The van der Waals surface area contributed by atoms with Gasteiger partial charge >= 0.3 is 15.6 Å². The molecule has 18 heteroatoms. The van der Waals surface area contributed by atoms with Gasteiger partial charge in [0.25, 0.3) is 5.56 Å². The van der Waals surface area contributed by atoms with Crippen LogP contribution in [-0.2, 0) is 13.6 Å². The number of nitrogens with zero attached hydrogens (tertiary/aromatic N) is 4. The number of hydrogen-bond donors (Lipinski definition) is 8. The van der Waals surface area contributed by atoms with E-state index in [1.807, 2.05) is 0 Å². The second-order valence-corrected chi connectivity index (χ2v) is 8.67. The Morgan fingerprint density at radius 3 is 2.64 bits per heavy atom. The summed E-state index contributed by atoms with van der Waals surface area (Å²) in [4.78, 5) is 57.9. The molecule has 2 aromatic rings. The minimum Gasteiger partial charge on any atom is -0.387 e. The maximum Gasteiger partial charge on any atom is 0.477 e. The molecular weight excluding hydrogens is 426 g/mol. The Hall–Kier alpha value is -1.71. The van der Waals surface area contributed by atoms with Crippen LogP contribution in [0.15, 0.2) is 15.9 Å². The lowest BCUT2D eigenvalue weighted by atomic mass is 10.1. The van der Waals surface area contributed by atoms with Crippen LogP contribution in [0.1, 0.15) is 6.23 Å². The summed E-state index contributed by atoms with van der Waals surface area (Å²) in [5.41, 5.74) is 4.71. The normalized spacial score (nSPS) is 26.1. The van der Waals surface area contributed by atoms with E-state index in [0.29, 0.717) is 0 Å². The van der Waals surface area contributed by atoms with Gasteiger partial charge < -0.3 is 40.3 Å². The first kappa shape index (κ1) is 21.0. The Morgan fingerprint density at radius 1 is 1.32 bits per heavy atom. The third kappa shape index (κ3) is 4.31. The molecule has 0 amide bonds. The van der Waals surface area contributed by atoms with E-state index in [1.165, 1.54) is 0 Å². The van der Waals surface area contributed by atoms with Crippen molar-refractivity contribution in [2.24, 2.45) is 4.74 Å². The van der Waals surface area contributed by atoms with Crippen molar-refractivity contribution in [1.82, 2.24) is 19.5 Å². The van der Waals surface area contributed by atoms with E-state index < -0.39 is 52.2 Å². The molecule has 0 spiro atoms. The average Bonchev–Trinajstić information content (AvgIpc) is 3.06. The molecule has 16 nitrogen and oxygen atoms in total. The quantitative estimate of drug-likeness (QED) is 0.220. The van der Waals surface area contributed by atoms with Crippen LogP contribution in [0.3, 0.4) is 0 Å². The maximum absolute atomic E-state index is 11.8. The van der Waals surface area contributed by atoms with Gasteiger partial charge in [0.1, 0.15) is 18.3 Å². The van der Waals surface area contributed by atoms with Crippen molar-refractivity contribution in [3.05, 3.63) is 16.7 Å². The number of aliphatic hydroxyl groups excluding tert-OH is 2. The molecule has 0 saturated carbocycles. The number of aromatic nitrogens is 4. The van der Waals surface area contributed by atoms with Crippen LogP contribution in [0.4, 0.5) is 5.95 Å². The van der Waals surface area contributed by atoms with E-state index in [-0.39, 0.29) is 17.1 Å². The number of nitrogens with one attached hydrogen (secondary N) is 1. The number of H-pyrrole nitrogens is 1. The number of phosphoric acid groups is 1. The second kappa shape index (κ2) is 7.27. The van der Waals surface area contributed by atoms with Crippen molar-refractivity contribution in [3.8, 4) is 0 Å². The standard InChI is InChI=1S/C10H16N6O10P2/c11-10-14-7-4(8(19)15-10)12-2-16(7)9-6(18)5(17)3(25-9)1-13-27(20,21)26-28(22,23)24/h2-3,5-6,9,17-18,20-21H,1H2,(H2,22,23,24)(H3,11,14,15,19)/t3-,5-,6-,9-/m1/s1. The maximum atomic E-state index is 11.8. The van der Waals surface area contributed by atoms with Crippen molar-refractivity contribution in [2.45, 2.75) is 24.5 Å². The fourth-order valence-electron chi connectivity index (χ4n) is 2.59. The first-order valence-corrected chi connectivity index (χ1v) is 10.5. The number of imidazole rings is 1. The van der Waals surface area contributed by atoms with Crippen molar-refractivity contribution in [2.75, 3.05) is 12.3 Å². The smallest absolute Gasteiger partial charge is 0.387 e. The van der Waals surface area contributed by atoms with E-state index in [1.54, 1.807) is 0 Å². The van der Waals surface area contributed by atoms with Crippen LogP contribution in [0.25, 0.3) is 11.2 Å². The number of rotatable bonds is 5. The molecule has 0 aromatic carbocycles. The summed E-state index contributed by atoms with van der Waals surface area (Å²) in [6.45, 7) is -0.682. The van der Waals surface area contributed by atoms with Gasteiger partial charge in [-0.25, -0.2) is 18.6 Å². The van der Waals surface area contributed by atoms with Gasteiger partial charge in [0.15, 0.2) is 17.4 Å². The minimum atomic E-state index is -5.23. The highest BCUT2D eigenvalue weighted by molar-refractivity contribution is 7.61. The molecule has 1 aliphatic rings. The molecule has 0 unspecified atom stereocenters. The van der Waals surface area contributed by atoms with Gasteiger partial charge in [-0.3, -0.25) is 14.3 Å². The molecule has 156 valence electrons. The van der Waals surface area contributed by atoms with E-state index >= 15 is 0 Å². The number of anilines is 1. The zero-order valence-corrected chi connectivity index (χ0v) is 15.5. The summed E-state index contributed by atoms with van der Waals surface area (Å²) in [6.07, 6.45) is -4.62. The number of hydrogen-bond acceptors (Lipinski definition) is 10. The lowest BCUT2D eigenvalue weighted by Crippen LogP contribution is -2.32. The molecule has 3 heterocycles. The fourth-order valence-corrected chi connectivity index (χ4v) is 4.32. The predicted octanol–water partition coefficient (Wildman–Crippen LogP) is -2.64. The molecule has 3 rings (SSSR count). The zero-order chi connectivity index (χ0) is 20.9. The largest absolute Gasteiger partial charge is 0.477 e. The summed E-state index contributed by atoms with van der Waals surface area (Å²) in [6, 6.07) is 0. The third-order valence-corrected chi connectivity index (χ3v) is 5.98. The van der Waals surface area contributed by atoms with Gasteiger partial charge in [-0.2, -0.15) is 4.98 Å². The highest BCUT2D eigenvalue weighted by atomic mass is 31.3. The molecule has 1 saturated heterocycles. The Bertz CT molecular complexity index is 1040. The van der Waals surface area contributed by atoms with Crippen molar-refractivity contribution in [1.29, 1.82) is 0 Å². The van der Waals surface area contributed by atoms with Crippen LogP contribution in [0.5, 0.6) is 0 Å². The molecule has 0 aliphatic carbocycles. The van der Waals surface area contributed by atoms with Crippen LogP contribution < -0.4 is 11.3 Å². The van der Waals surface area contributed by atoms with Crippen LogP contribution in [0, 0.1) is 0 Å². The third-order valence-electron chi connectivity index (χ3n) is 3.72. The number of aliphatic hydroxyl groups is 2. The summed E-state index contributed by atoms with van der Waals surface area (Å²) in [5, 5.41) is 20.3. The van der Waals surface area contributed by atoms with Crippen LogP contribution >= 0.6 is 15.6 Å². The summed E-state index contributed by atoms with van der Waals surface area (Å²) in [5.74, 6) is -0.219. The number of ether oxygens (including phenoxy) is 1. The highest BCUT2D eigenvalue weighted by Crippen LogP contribution is 2.56. The molecular formula is C10H16N6O10P2. The Kier molecular flexibility index (Phi) is 5.46. The van der Waals surface area contributed by atoms with E-state index in [2.05, 4.69) is 24.0 Å². The van der Waals surface area contributed by atoms with Gasteiger partial charge in [-0.05, 0) is 0 Å². The molecule has 0 radical (unpaired) electrons. The molecule has 4 atom stereocenters. The van der Waals surface area contributed by atoms with Gasteiger partial charge in [0.05, 0.1) is 12.9 Å². The second-order valence-electron chi connectivity index (χ2n) is 5.73. The van der Waals surface area contributed by atoms with E-state index in [4.69, 9.17) is 20.3 Å². The Labute approximate surface area is 154 Å². The van der Waals surface area contributed by atoms with Gasteiger partial charge in [0.2, 0.25) is 5.95 Å². The molecule has 0 bridgehead atoms. The van der Waals surface area contributed by atoms with Crippen molar-refractivity contribution >= 4 is 32.7 Å². The molecule has 9 N–H and O–H groups in total. The first-order chi connectivity index (χ1) is 12.9. The van der Waals surface area contributed by atoms with Gasteiger partial charge in [-0.15, -0.1) is 0 Å². The van der Waals surface area contributed by atoms with Crippen molar-refractivity contribution in [3.63, 3.8) is 0 Å². The SMILES string of the molecule is Nc1nc2c(ncn2[C@@H]2O[C@H](CN=P(O)(O)OP(=O)(O)O)[C@@H](O)[C@H]2O)c(=O)[nH]1. The summed E-state index contributed by atoms with van der Waals surface area (Å²) in [7, 11) is -10.0. The fraction of sp³-hybridized carbons (Fsp3) is 0.500. The van der Waals surface area contributed by atoms with E-state index in [9.17, 15) is 29.4 Å². The van der Waals surface area contributed by atoms with Crippen molar-refractivity contribution < 1.29 is 43.4 Å².